The molecule has 0 unspecified atom stereocenters. The normalized spacial score (nSPS) is 20.1. The van der Waals surface area contributed by atoms with Crippen LogP contribution in [0.3, 0.4) is 0 Å². The lowest BCUT2D eigenvalue weighted by molar-refractivity contribution is -0.132. The lowest BCUT2D eigenvalue weighted by Crippen LogP contribution is -2.50. The Morgan fingerprint density at radius 1 is 1.00 bits per heavy atom. The van der Waals surface area contributed by atoms with Crippen molar-refractivity contribution in [3.8, 4) is 11.5 Å². The Hall–Kier alpha value is -2.32. The van der Waals surface area contributed by atoms with Crippen LogP contribution in [0.5, 0.6) is 0 Å². The van der Waals surface area contributed by atoms with Gasteiger partial charge in [-0.2, -0.15) is 0 Å². The second kappa shape index (κ2) is 9.66. The van der Waals surface area contributed by atoms with Gasteiger partial charge in [0.25, 0.3) is 0 Å². The molecule has 8 heteroatoms. The van der Waals surface area contributed by atoms with Crippen LogP contribution in [-0.2, 0) is 4.79 Å². The summed E-state index contributed by atoms with van der Waals surface area (Å²) in [7, 11) is 0. The van der Waals surface area contributed by atoms with Crippen molar-refractivity contribution in [2.45, 2.75) is 38.6 Å². The van der Waals surface area contributed by atoms with Gasteiger partial charge in [0.2, 0.25) is 17.7 Å². The van der Waals surface area contributed by atoms with Crippen molar-refractivity contribution in [1.29, 1.82) is 0 Å². The topological polar surface area (TPSA) is 65.7 Å². The van der Waals surface area contributed by atoms with Crippen LogP contribution in [0.2, 0.25) is 0 Å². The molecule has 1 atom stereocenters. The highest BCUT2D eigenvalue weighted by Crippen LogP contribution is 2.25. The lowest BCUT2D eigenvalue weighted by Gasteiger charge is -2.37. The van der Waals surface area contributed by atoms with Crippen LogP contribution in [-0.4, -0.2) is 76.6 Å². The molecule has 0 N–H and O–H groups in total. The summed E-state index contributed by atoms with van der Waals surface area (Å²) in [5, 5.41) is 8.32. The Morgan fingerprint density at radius 3 is 2.33 bits per heavy atom. The highest BCUT2D eigenvalue weighted by Gasteiger charge is 2.27. The van der Waals surface area contributed by atoms with Crippen LogP contribution >= 0.6 is 0 Å². The van der Waals surface area contributed by atoms with Gasteiger partial charge >= 0.3 is 0 Å². The van der Waals surface area contributed by atoms with E-state index >= 15 is 0 Å². The number of carbonyl (C=O) groups is 1. The molecule has 2 saturated heterocycles. The molecule has 2 aliphatic heterocycles. The minimum absolute atomic E-state index is 0.00448. The van der Waals surface area contributed by atoms with E-state index in [-0.39, 0.29) is 17.8 Å². The predicted molar refractivity (Wildman–Crippen MR) is 111 cm³/mol. The number of aromatic nitrogens is 2. The third-order valence-corrected chi connectivity index (χ3v) is 6.16. The van der Waals surface area contributed by atoms with Crippen molar-refractivity contribution in [2.75, 3.05) is 45.8 Å². The average molecular weight is 416 g/mol. The molecule has 1 aromatic heterocycles. The highest BCUT2D eigenvalue weighted by molar-refractivity contribution is 5.78. The number of amides is 1. The molecule has 0 saturated carbocycles. The zero-order chi connectivity index (χ0) is 20.9. The molecule has 2 aliphatic rings. The van der Waals surface area contributed by atoms with Crippen molar-refractivity contribution < 1.29 is 13.6 Å². The SMILES string of the molecule is C[C@@H](c1nnc(-c2ccc(F)cc2)o1)N1CCN(CC(=O)N2CCCCCC2)CC1. The first kappa shape index (κ1) is 20.9. The summed E-state index contributed by atoms with van der Waals surface area (Å²) in [6.45, 7) is 7.78. The first-order valence-corrected chi connectivity index (χ1v) is 10.9. The standard InChI is InChI=1S/C22H30FN5O2/c1-17(21-24-25-22(30-21)18-6-8-19(23)9-7-18)27-14-12-26(13-15-27)16-20(29)28-10-4-2-3-5-11-28/h6-9,17H,2-5,10-16H2,1H3/t17-/m0/s1. The number of hydrogen-bond acceptors (Lipinski definition) is 6. The fraction of sp³-hybridized carbons (Fsp3) is 0.591. The minimum atomic E-state index is -0.293. The van der Waals surface area contributed by atoms with Crippen LogP contribution in [0.15, 0.2) is 28.7 Å². The number of benzene rings is 1. The van der Waals surface area contributed by atoms with Crippen molar-refractivity contribution in [3.05, 3.63) is 36.0 Å². The van der Waals surface area contributed by atoms with Gasteiger partial charge in [0.15, 0.2) is 0 Å². The maximum absolute atomic E-state index is 13.1. The van der Waals surface area contributed by atoms with Gasteiger partial charge in [-0.25, -0.2) is 4.39 Å². The lowest BCUT2D eigenvalue weighted by atomic mass is 10.2. The smallest absolute Gasteiger partial charge is 0.247 e. The molecule has 2 aromatic rings. The van der Waals surface area contributed by atoms with Crippen molar-refractivity contribution in [3.63, 3.8) is 0 Å². The van der Waals surface area contributed by atoms with Crippen molar-refractivity contribution in [2.24, 2.45) is 0 Å². The van der Waals surface area contributed by atoms with Gasteiger partial charge in [-0.3, -0.25) is 14.6 Å². The molecule has 0 spiro atoms. The Morgan fingerprint density at radius 2 is 1.67 bits per heavy atom. The number of nitrogens with zero attached hydrogens (tertiary/aromatic N) is 5. The monoisotopic (exact) mass is 415 g/mol. The van der Waals surface area contributed by atoms with Crippen LogP contribution in [0.25, 0.3) is 11.5 Å². The van der Waals surface area contributed by atoms with E-state index in [0.29, 0.717) is 23.9 Å². The van der Waals surface area contributed by atoms with E-state index < -0.39 is 0 Å². The zero-order valence-electron chi connectivity index (χ0n) is 17.6. The second-order valence-electron chi connectivity index (χ2n) is 8.24. The largest absolute Gasteiger partial charge is 0.419 e. The van der Waals surface area contributed by atoms with E-state index in [1.54, 1.807) is 12.1 Å². The molecule has 30 heavy (non-hydrogen) atoms. The third kappa shape index (κ3) is 5.05. The second-order valence-corrected chi connectivity index (χ2v) is 8.24. The van der Waals surface area contributed by atoms with E-state index in [2.05, 4.69) is 26.9 Å². The molecule has 162 valence electrons. The number of piperazine rings is 1. The fourth-order valence-electron chi connectivity index (χ4n) is 4.19. The fourth-order valence-corrected chi connectivity index (χ4v) is 4.19. The van der Waals surface area contributed by atoms with Gasteiger partial charge < -0.3 is 9.32 Å². The Bertz CT molecular complexity index is 824. The quantitative estimate of drug-likeness (QED) is 0.748. The van der Waals surface area contributed by atoms with Gasteiger partial charge in [0.1, 0.15) is 5.82 Å². The molecule has 2 fully saturated rings. The van der Waals surface area contributed by atoms with Gasteiger partial charge in [-0.1, -0.05) is 12.8 Å². The molecule has 3 heterocycles. The number of carbonyl (C=O) groups excluding carboxylic acids is 1. The van der Waals surface area contributed by atoms with Gasteiger partial charge in [0.05, 0.1) is 12.6 Å². The third-order valence-electron chi connectivity index (χ3n) is 6.16. The van der Waals surface area contributed by atoms with Crippen LogP contribution in [0.4, 0.5) is 4.39 Å². The summed E-state index contributed by atoms with van der Waals surface area (Å²) < 4.78 is 19.0. The van der Waals surface area contributed by atoms with E-state index in [4.69, 9.17) is 4.42 Å². The van der Waals surface area contributed by atoms with Gasteiger partial charge in [-0.05, 0) is 44.0 Å². The van der Waals surface area contributed by atoms with Gasteiger partial charge in [0, 0.05) is 44.8 Å². The summed E-state index contributed by atoms with van der Waals surface area (Å²) in [5.41, 5.74) is 0.708. The summed E-state index contributed by atoms with van der Waals surface area (Å²) in [6, 6.07) is 6.04. The van der Waals surface area contributed by atoms with E-state index in [0.717, 1.165) is 52.1 Å². The molecular formula is C22H30FN5O2. The van der Waals surface area contributed by atoms with Crippen molar-refractivity contribution in [1.82, 2.24) is 24.9 Å². The first-order valence-electron chi connectivity index (χ1n) is 10.9. The maximum atomic E-state index is 13.1. The molecule has 1 amide bonds. The number of hydrogen-bond donors (Lipinski definition) is 0. The molecule has 7 nitrogen and oxygen atoms in total. The summed E-state index contributed by atoms with van der Waals surface area (Å²) in [4.78, 5) is 19.2. The highest BCUT2D eigenvalue weighted by atomic mass is 19.1. The molecular weight excluding hydrogens is 385 g/mol. The number of rotatable bonds is 5. The zero-order valence-corrected chi connectivity index (χ0v) is 17.6. The Balaban J connectivity index is 1.28. The Kier molecular flexibility index (Phi) is 6.74. The molecule has 0 radical (unpaired) electrons. The first-order chi connectivity index (χ1) is 14.6. The number of halogens is 1. The molecule has 0 aliphatic carbocycles. The maximum Gasteiger partial charge on any atom is 0.247 e. The Labute approximate surface area is 176 Å². The predicted octanol–water partition coefficient (Wildman–Crippen LogP) is 2.96. The van der Waals surface area contributed by atoms with Gasteiger partial charge in [-0.15, -0.1) is 10.2 Å². The number of likely N-dealkylation sites (tertiary alicyclic amines) is 1. The molecule has 4 rings (SSSR count). The molecule has 0 bridgehead atoms. The summed E-state index contributed by atoms with van der Waals surface area (Å²) in [5.74, 6) is 0.931. The van der Waals surface area contributed by atoms with Crippen LogP contribution < -0.4 is 0 Å². The molecule has 1 aromatic carbocycles. The van der Waals surface area contributed by atoms with E-state index in [1.165, 1.54) is 25.0 Å². The summed E-state index contributed by atoms with van der Waals surface area (Å²) >= 11 is 0. The van der Waals surface area contributed by atoms with E-state index in [9.17, 15) is 9.18 Å². The van der Waals surface area contributed by atoms with Crippen LogP contribution in [0, 0.1) is 5.82 Å². The van der Waals surface area contributed by atoms with E-state index in [1.807, 2.05) is 4.90 Å². The van der Waals surface area contributed by atoms with Crippen molar-refractivity contribution >= 4 is 5.91 Å². The minimum Gasteiger partial charge on any atom is -0.419 e. The average Bonchev–Trinajstić information content (AvgIpc) is 3.09. The summed E-state index contributed by atoms with van der Waals surface area (Å²) in [6.07, 6.45) is 4.72. The van der Waals surface area contributed by atoms with Crippen LogP contribution in [0.1, 0.15) is 44.5 Å².